The quantitative estimate of drug-likeness (QED) is 0.710. The predicted octanol–water partition coefficient (Wildman–Crippen LogP) is 0.897. The fourth-order valence-corrected chi connectivity index (χ4v) is 2.22. The molecule has 0 bridgehead atoms. The molecule has 0 fully saturated rings. The van der Waals surface area contributed by atoms with Crippen LogP contribution in [-0.2, 0) is 9.84 Å². The zero-order valence-electron chi connectivity index (χ0n) is 10.2. The Morgan fingerprint density at radius 2 is 2.12 bits per heavy atom. The van der Waals surface area contributed by atoms with Crippen LogP contribution in [0.4, 0.5) is 5.82 Å². The maximum atomic E-state index is 11.5. The van der Waals surface area contributed by atoms with Gasteiger partial charge in [-0.2, -0.15) is 0 Å². The van der Waals surface area contributed by atoms with E-state index >= 15 is 0 Å². The summed E-state index contributed by atoms with van der Waals surface area (Å²) in [6, 6.07) is 3.19. The first-order chi connectivity index (χ1) is 8.05. The Hall–Kier alpha value is -1.14. The highest BCUT2D eigenvalue weighted by Crippen LogP contribution is 2.17. The summed E-state index contributed by atoms with van der Waals surface area (Å²) in [6.07, 6.45) is 3.70. The van der Waals surface area contributed by atoms with E-state index in [1.807, 2.05) is 6.92 Å². The molecule has 0 saturated heterocycles. The van der Waals surface area contributed by atoms with Crippen LogP contribution in [0, 0.1) is 0 Å². The molecule has 0 amide bonds. The maximum Gasteiger partial charge on any atom is 0.179 e. The number of anilines is 1. The van der Waals surface area contributed by atoms with Crippen LogP contribution in [0.3, 0.4) is 0 Å². The van der Waals surface area contributed by atoms with Crippen LogP contribution >= 0.6 is 0 Å². The molecule has 17 heavy (non-hydrogen) atoms. The molecule has 1 aromatic heterocycles. The van der Waals surface area contributed by atoms with Crippen molar-refractivity contribution in [1.29, 1.82) is 0 Å². The van der Waals surface area contributed by atoms with E-state index in [9.17, 15) is 8.42 Å². The number of aromatic nitrogens is 1. The van der Waals surface area contributed by atoms with Crippen molar-refractivity contribution >= 4 is 15.7 Å². The summed E-state index contributed by atoms with van der Waals surface area (Å²) in [5.74, 6) is 0.437. The van der Waals surface area contributed by atoms with E-state index in [1.165, 1.54) is 6.26 Å². The molecule has 0 aliphatic rings. The fourth-order valence-electron chi connectivity index (χ4n) is 1.42. The molecule has 0 aliphatic carbocycles. The lowest BCUT2D eigenvalue weighted by Crippen LogP contribution is -2.18. The van der Waals surface area contributed by atoms with Crippen LogP contribution in [0.5, 0.6) is 0 Å². The van der Waals surface area contributed by atoms with Gasteiger partial charge in [-0.3, -0.25) is 0 Å². The lowest BCUT2D eigenvalue weighted by atomic mass is 10.4. The van der Waals surface area contributed by atoms with Gasteiger partial charge >= 0.3 is 0 Å². The molecule has 6 heteroatoms. The van der Waals surface area contributed by atoms with Gasteiger partial charge in [0.15, 0.2) is 9.84 Å². The Bertz CT molecular complexity index is 446. The van der Waals surface area contributed by atoms with Crippen molar-refractivity contribution in [2.75, 3.05) is 31.2 Å². The molecule has 1 rings (SSSR count). The van der Waals surface area contributed by atoms with Gasteiger partial charge in [0.05, 0.1) is 0 Å². The molecule has 0 aromatic carbocycles. The topological polar surface area (TPSA) is 71.1 Å². The van der Waals surface area contributed by atoms with Crippen molar-refractivity contribution in [3.63, 3.8) is 0 Å². The second-order valence-electron chi connectivity index (χ2n) is 3.76. The van der Waals surface area contributed by atoms with Crippen molar-refractivity contribution in [2.24, 2.45) is 0 Å². The Kier molecular flexibility index (Phi) is 5.37. The Morgan fingerprint density at radius 3 is 2.76 bits per heavy atom. The van der Waals surface area contributed by atoms with E-state index in [-0.39, 0.29) is 4.90 Å². The second-order valence-corrected chi connectivity index (χ2v) is 5.74. The van der Waals surface area contributed by atoms with Gasteiger partial charge in [-0.25, -0.2) is 13.4 Å². The Balaban J connectivity index is 2.59. The van der Waals surface area contributed by atoms with E-state index in [0.29, 0.717) is 12.4 Å². The van der Waals surface area contributed by atoms with Crippen LogP contribution in [0.25, 0.3) is 0 Å². The zero-order valence-corrected chi connectivity index (χ0v) is 11.0. The first-order valence-corrected chi connectivity index (χ1v) is 7.54. The molecular weight excluding hydrogens is 238 g/mol. The molecule has 5 nitrogen and oxygen atoms in total. The van der Waals surface area contributed by atoms with Gasteiger partial charge in [0.1, 0.15) is 10.7 Å². The second kappa shape index (κ2) is 6.56. The van der Waals surface area contributed by atoms with Gasteiger partial charge in [0, 0.05) is 19.0 Å². The van der Waals surface area contributed by atoms with E-state index in [0.717, 1.165) is 19.5 Å². The molecule has 0 aliphatic heterocycles. The fraction of sp³-hybridized carbons (Fsp3) is 0.545. The van der Waals surface area contributed by atoms with Crippen molar-refractivity contribution in [1.82, 2.24) is 10.3 Å². The summed E-state index contributed by atoms with van der Waals surface area (Å²) < 4.78 is 23.0. The molecule has 1 aromatic rings. The van der Waals surface area contributed by atoms with E-state index < -0.39 is 9.84 Å². The molecule has 2 N–H and O–H groups in total. The third-order valence-electron chi connectivity index (χ3n) is 2.24. The van der Waals surface area contributed by atoms with Gasteiger partial charge < -0.3 is 10.6 Å². The van der Waals surface area contributed by atoms with E-state index in [2.05, 4.69) is 15.6 Å². The third-order valence-corrected chi connectivity index (χ3v) is 3.37. The summed E-state index contributed by atoms with van der Waals surface area (Å²) in [7, 11) is -3.22. The first kappa shape index (κ1) is 13.9. The van der Waals surface area contributed by atoms with Crippen LogP contribution in [0.2, 0.25) is 0 Å². The minimum absolute atomic E-state index is 0.253. The van der Waals surface area contributed by atoms with Gasteiger partial charge in [-0.1, -0.05) is 6.92 Å². The van der Waals surface area contributed by atoms with Crippen LogP contribution in [-0.4, -0.2) is 39.3 Å². The molecule has 0 unspecified atom stereocenters. The number of rotatable bonds is 7. The van der Waals surface area contributed by atoms with Crippen LogP contribution in [0.15, 0.2) is 23.2 Å². The minimum Gasteiger partial charge on any atom is -0.369 e. The highest BCUT2D eigenvalue weighted by Gasteiger charge is 2.12. The van der Waals surface area contributed by atoms with Crippen molar-refractivity contribution in [2.45, 2.75) is 18.2 Å². The Morgan fingerprint density at radius 1 is 1.35 bits per heavy atom. The highest BCUT2D eigenvalue weighted by molar-refractivity contribution is 7.90. The summed E-state index contributed by atoms with van der Waals surface area (Å²) in [6.45, 7) is 4.60. The average Bonchev–Trinajstić information content (AvgIpc) is 2.28. The molecule has 96 valence electrons. The average molecular weight is 257 g/mol. The lowest BCUT2D eigenvalue weighted by Gasteiger charge is -2.09. The SMILES string of the molecule is CCNCCCNc1ncccc1S(C)(=O)=O. The monoisotopic (exact) mass is 257 g/mol. The Labute approximate surface area is 103 Å². The minimum atomic E-state index is -3.22. The van der Waals surface area contributed by atoms with Gasteiger partial charge in [-0.05, 0) is 31.6 Å². The zero-order chi connectivity index (χ0) is 12.7. The molecule has 1 heterocycles. The maximum absolute atomic E-state index is 11.5. The summed E-state index contributed by atoms with van der Waals surface area (Å²) >= 11 is 0. The van der Waals surface area contributed by atoms with Crippen molar-refractivity contribution in [3.05, 3.63) is 18.3 Å². The van der Waals surface area contributed by atoms with Gasteiger partial charge in [0.2, 0.25) is 0 Å². The van der Waals surface area contributed by atoms with Crippen molar-refractivity contribution in [3.8, 4) is 0 Å². The largest absolute Gasteiger partial charge is 0.369 e. The molecular formula is C11H19N3O2S. The van der Waals surface area contributed by atoms with Crippen LogP contribution < -0.4 is 10.6 Å². The number of nitrogens with zero attached hydrogens (tertiary/aromatic N) is 1. The molecule has 0 saturated carbocycles. The summed E-state index contributed by atoms with van der Waals surface area (Å²) in [5, 5.41) is 6.25. The van der Waals surface area contributed by atoms with Crippen LogP contribution in [0.1, 0.15) is 13.3 Å². The first-order valence-electron chi connectivity index (χ1n) is 5.65. The van der Waals surface area contributed by atoms with E-state index in [4.69, 9.17) is 0 Å². The highest BCUT2D eigenvalue weighted by atomic mass is 32.2. The smallest absolute Gasteiger partial charge is 0.179 e. The summed E-state index contributed by atoms with van der Waals surface area (Å²) in [4.78, 5) is 4.31. The third kappa shape index (κ3) is 4.70. The van der Waals surface area contributed by atoms with E-state index in [1.54, 1.807) is 18.3 Å². The van der Waals surface area contributed by atoms with Gasteiger partial charge in [-0.15, -0.1) is 0 Å². The number of hydrogen-bond donors (Lipinski definition) is 2. The molecule has 0 atom stereocenters. The standard InChI is InChI=1S/C11H19N3O2S/c1-3-12-7-5-9-14-11-10(17(2,15)16)6-4-8-13-11/h4,6,8,12H,3,5,7,9H2,1-2H3,(H,13,14). The normalized spacial score (nSPS) is 11.4. The predicted molar refractivity (Wildman–Crippen MR) is 69.0 cm³/mol. The van der Waals surface area contributed by atoms with Gasteiger partial charge in [0.25, 0.3) is 0 Å². The lowest BCUT2D eigenvalue weighted by molar-refractivity contribution is 0.601. The molecule has 0 spiro atoms. The van der Waals surface area contributed by atoms with Crippen molar-refractivity contribution < 1.29 is 8.42 Å². The molecule has 0 radical (unpaired) electrons. The number of nitrogens with one attached hydrogen (secondary N) is 2. The number of pyridine rings is 1. The number of sulfone groups is 1. The number of hydrogen-bond acceptors (Lipinski definition) is 5. The summed E-state index contributed by atoms with van der Waals surface area (Å²) in [5.41, 5.74) is 0.